The molecule has 4 nitrogen and oxygen atoms in total. The second-order valence-corrected chi connectivity index (χ2v) is 5.26. The fourth-order valence-corrected chi connectivity index (χ4v) is 2.15. The molecule has 0 aliphatic rings. The number of nitrogen functional groups attached to an aromatic ring is 1. The molecular weight excluding hydrogens is 286 g/mol. The van der Waals surface area contributed by atoms with Crippen molar-refractivity contribution in [2.45, 2.75) is 13.3 Å². The van der Waals surface area contributed by atoms with Gasteiger partial charge < -0.3 is 16.4 Å². The zero-order valence-corrected chi connectivity index (χ0v) is 12.6. The Bertz CT molecular complexity index is 643. The molecule has 0 atom stereocenters. The average molecular weight is 304 g/mol. The minimum atomic E-state index is -0.261. The van der Waals surface area contributed by atoms with E-state index in [1.165, 1.54) is 11.1 Å². The van der Waals surface area contributed by atoms with Gasteiger partial charge in [0.1, 0.15) is 0 Å². The molecule has 0 saturated carbocycles. The van der Waals surface area contributed by atoms with Gasteiger partial charge in [0.15, 0.2) is 0 Å². The third kappa shape index (κ3) is 4.68. The summed E-state index contributed by atoms with van der Waals surface area (Å²) < 4.78 is 0. The van der Waals surface area contributed by atoms with E-state index < -0.39 is 0 Å². The summed E-state index contributed by atoms with van der Waals surface area (Å²) >= 11 is 5.90. The first-order chi connectivity index (χ1) is 10.0. The van der Waals surface area contributed by atoms with Crippen LogP contribution in [0, 0.1) is 6.92 Å². The van der Waals surface area contributed by atoms with E-state index in [0.29, 0.717) is 22.9 Å². The maximum absolute atomic E-state index is 11.8. The van der Waals surface area contributed by atoms with Crippen molar-refractivity contribution in [1.29, 1.82) is 0 Å². The van der Waals surface area contributed by atoms with Crippen molar-refractivity contribution in [1.82, 2.24) is 5.32 Å². The number of benzene rings is 2. The first-order valence-electron chi connectivity index (χ1n) is 6.70. The van der Waals surface area contributed by atoms with Gasteiger partial charge in [0.25, 0.3) is 0 Å². The average Bonchev–Trinajstić information content (AvgIpc) is 2.43. The van der Waals surface area contributed by atoms with Crippen molar-refractivity contribution < 1.29 is 4.79 Å². The monoisotopic (exact) mass is 303 g/mol. The third-order valence-electron chi connectivity index (χ3n) is 3.04. The SMILES string of the molecule is Cc1cccc(CCNC(=O)Nc2ccc(N)c(Cl)c2)c1. The molecule has 0 radical (unpaired) electrons. The van der Waals surface area contributed by atoms with E-state index in [0.717, 1.165) is 6.42 Å². The highest BCUT2D eigenvalue weighted by molar-refractivity contribution is 6.33. The zero-order valence-electron chi connectivity index (χ0n) is 11.8. The van der Waals surface area contributed by atoms with Gasteiger partial charge in [0.05, 0.1) is 10.7 Å². The second kappa shape index (κ2) is 6.99. The number of carbonyl (C=O) groups excluding carboxylic acids is 1. The van der Waals surface area contributed by atoms with Crippen LogP contribution in [0.3, 0.4) is 0 Å². The van der Waals surface area contributed by atoms with Crippen molar-refractivity contribution in [3.05, 3.63) is 58.6 Å². The number of hydrogen-bond donors (Lipinski definition) is 3. The number of amides is 2. The fraction of sp³-hybridized carbons (Fsp3) is 0.188. The van der Waals surface area contributed by atoms with Gasteiger partial charge in [0, 0.05) is 12.2 Å². The van der Waals surface area contributed by atoms with Crippen LogP contribution in [0.4, 0.5) is 16.2 Å². The van der Waals surface area contributed by atoms with Gasteiger partial charge in [-0.25, -0.2) is 4.79 Å². The highest BCUT2D eigenvalue weighted by Crippen LogP contribution is 2.22. The quantitative estimate of drug-likeness (QED) is 0.756. The van der Waals surface area contributed by atoms with E-state index in [2.05, 4.69) is 29.7 Å². The van der Waals surface area contributed by atoms with Gasteiger partial charge in [0.2, 0.25) is 0 Å². The van der Waals surface area contributed by atoms with E-state index >= 15 is 0 Å². The maximum Gasteiger partial charge on any atom is 0.319 e. The van der Waals surface area contributed by atoms with Crippen LogP contribution in [0.1, 0.15) is 11.1 Å². The molecule has 2 rings (SSSR count). The lowest BCUT2D eigenvalue weighted by atomic mass is 10.1. The summed E-state index contributed by atoms with van der Waals surface area (Å²) in [6, 6.07) is 13.0. The van der Waals surface area contributed by atoms with Crippen molar-refractivity contribution in [2.75, 3.05) is 17.6 Å². The minimum Gasteiger partial charge on any atom is -0.398 e. The number of halogens is 1. The van der Waals surface area contributed by atoms with Crippen LogP contribution in [-0.2, 0) is 6.42 Å². The standard InChI is InChI=1S/C16H18ClN3O/c1-11-3-2-4-12(9-11)7-8-19-16(21)20-13-5-6-15(18)14(17)10-13/h2-6,9-10H,7-8,18H2,1H3,(H2,19,20,21). The molecule has 0 saturated heterocycles. The lowest BCUT2D eigenvalue weighted by Crippen LogP contribution is -2.30. The number of nitrogens with one attached hydrogen (secondary N) is 2. The van der Waals surface area contributed by atoms with Crippen molar-refractivity contribution in [3.8, 4) is 0 Å². The number of rotatable bonds is 4. The lowest BCUT2D eigenvalue weighted by molar-refractivity contribution is 0.252. The summed E-state index contributed by atoms with van der Waals surface area (Å²) in [4.78, 5) is 11.8. The third-order valence-corrected chi connectivity index (χ3v) is 3.37. The Labute approximate surface area is 129 Å². The number of aryl methyl sites for hydroxylation is 1. The number of hydrogen-bond acceptors (Lipinski definition) is 2. The molecule has 21 heavy (non-hydrogen) atoms. The van der Waals surface area contributed by atoms with Gasteiger partial charge in [-0.3, -0.25) is 0 Å². The van der Waals surface area contributed by atoms with Crippen LogP contribution < -0.4 is 16.4 Å². The van der Waals surface area contributed by atoms with Gasteiger partial charge >= 0.3 is 6.03 Å². The number of anilines is 2. The number of nitrogens with two attached hydrogens (primary N) is 1. The van der Waals surface area contributed by atoms with Crippen molar-refractivity contribution >= 4 is 29.0 Å². The zero-order chi connectivity index (χ0) is 15.2. The molecule has 0 bridgehead atoms. The molecule has 0 aromatic heterocycles. The van der Waals surface area contributed by atoms with Crippen LogP contribution >= 0.6 is 11.6 Å². The van der Waals surface area contributed by atoms with Crippen LogP contribution in [0.25, 0.3) is 0 Å². The lowest BCUT2D eigenvalue weighted by Gasteiger charge is -2.09. The Kier molecular flexibility index (Phi) is 5.06. The van der Waals surface area contributed by atoms with Gasteiger partial charge in [-0.05, 0) is 37.1 Å². The molecule has 0 fully saturated rings. The number of urea groups is 1. The molecule has 2 amide bonds. The molecule has 0 aliphatic carbocycles. The van der Waals surface area contributed by atoms with E-state index in [4.69, 9.17) is 17.3 Å². The molecule has 5 heteroatoms. The largest absolute Gasteiger partial charge is 0.398 e. The Balaban J connectivity index is 1.81. The van der Waals surface area contributed by atoms with Crippen LogP contribution in [0.5, 0.6) is 0 Å². The highest BCUT2D eigenvalue weighted by atomic mass is 35.5. The van der Waals surface area contributed by atoms with Crippen LogP contribution in [0.2, 0.25) is 5.02 Å². The Morgan fingerprint density at radius 2 is 2.05 bits per heavy atom. The molecule has 2 aromatic carbocycles. The normalized spacial score (nSPS) is 10.2. The molecule has 0 heterocycles. The molecule has 0 unspecified atom stereocenters. The first kappa shape index (κ1) is 15.2. The predicted molar refractivity (Wildman–Crippen MR) is 87.8 cm³/mol. The summed E-state index contributed by atoms with van der Waals surface area (Å²) in [6.45, 7) is 2.62. The van der Waals surface area contributed by atoms with E-state index in [1.54, 1.807) is 18.2 Å². The molecular formula is C16H18ClN3O. The first-order valence-corrected chi connectivity index (χ1v) is 7.08. The predicted octanol–water partition coefficient (Wildman–Crippen LogP) is 3.59. The maximum atomic E-state index is 11.8. The summed E-state index contributed by atoms with van der Waals surface area (Å²) in [7, 11) is 0. The van der Waals surface area contributed by atoms with E-state index in [9.17, 15) is 4.79 Å². The molecule has 4 N–H and O–H groups in total. The molecule has 0 spiro atoms. The molecule has 0 aliphatic heterocycles. The smallest absolute Gasteiger partial charge is 0.319 e. The highest BCUT2D eigenvalue weighted by Gasteiger charge is 2.03. The van der Waals surface area contributed by atoms with E-state index in [-0.39, 0.29) is 6.03 Å². The topological polar surface area (TPSA) is 67.2 Å². The van der Waals surface area contributed by atoms with Crippen LogP contribution in [-0.4, -0.2) is 12.6 Å². The van der Waals surface area contributed by atoms with Crippen LogP contribution in [0.15, 0.2) is 42.5 Å². The number of carbonyl (C=O) groups is 1. The summed E-state index contributed by atoms with van der Waals surface area (Å²) in [6.07, 6.45) is 0.789. The van der Waals surface area contributed by atoms with Crippen molar-refractivity contribution in [3.63, 3.8) is 0 Å². The molecule has 2 aromatic rings. The Morgan fingerprint density at radius 1 is 1.24 bits per heavy atom. The van der Waals surface area contributed by atoms with Gasteiger partial charge in [-0.15, -0.1) is 0 Å². The second-order valence-electron chi connectivity index (χ2n) is 4.86. The Morgan fingerprint density at radius 3 is 2.76 bits per heavy atom. The van der Waals surface area contributed by atoms with Gasteiger partial charge in [-0.2, -0.15) is 0 Å². The molecule has 110 valence electrons. The summed E-state index contributed by atoms with van der Waals surface area (Å²) in [5, 5.41) is 5.95. The minimum absolute atomic E-state index is 0.261. The van der Waals surface area contributed by atoms with Gasteiger partial charge in [-0.1, -0.05) is 41.4 Å². The van der Waals surface area contributed by atoms with E-state index in [1.807, 2.05) is 12.1 Å². The summed E-state index contributed by atoms with van der Waals surface area (Å²) in [5.74, 6) is 0. The van der Waals surface area contributed by atoms with Crippen molar-refractivity contribution in [2.24, 2.45) is 0 Å². The summed E-state index contributed by atoms with van der Waals surface area (Å²) in [5.41, 5.74) is 9.13. The Hall–Kier alpha value is -2.20. The fourth-order valence-electron chi connectivity index (χ4n) is 1.97.